The van der Waals surface area contributed by atoms with Gasteiger partial charge in [-0.1, -0.05) is 6.07 Å². The van der Waals surface area contributed by atoms with Gasteiger partial charge in [-0.05, 0) is 31.5 Å². The molecule has 0 unspecified atom stereocenters. The van der Waals surface area contributed by atoms with Crippen molar-refractivity contribution in [2.75, 3.05) is 18.4 Å². The minimum Gasteiger partial charge on any atom is -0.343 e. The Balaban J connectivity index is 2.37. The van der Waals surface area contributed by atoms with Crippen LogP contribution in [0.1, 0.15) is 31.7 Å². The molecule has 102 valence electrons. The molecule has 19 heavy (non-hydrogen) atoms. The second kappa shape index (κ2) is 5.38. The summed E-state index contributed by atoms with van der Waals surface area (Å²) in [6.07, 6.45) is 0.119. The van der Waals surface area contributed by atoms with Gasteiger partial charge >= 0.3 is 0 Å². The van der Waals surface area contributed by atoms with Crippen LogP contribution < -0.4 is 5.32 Å². The molecule has 0 aromatic heterocycles. The number of benzene rings is 1. The van der Waals surface area contributed by atoms with Crippen LogP contribution in [0.25, 0.3) is 0 Å². The van der Waals surface area contributed by atoms with E-state index < -0.39 is 11.7 Å². The molecule has 0 saturated heterocycles. The maximum Gasteiger partial charge on any atom is 0.230 e. The van der Waals surface area contributed by atoms with Crippen molar-refractivity contribution in [3.63, 3.8) is 0 Å². The molecule has 2 amide bonds. The van der Waals surface area contributed by atoms with Crippen molar-refractivity contribution in [1.29, 1.82) is 0 Å². The summed E-state index contributed by atoms with van der Waals surface area (Å²) in [4.78, 5) is 25.7. The number of hydrogen-bond donors (Lipinski definition) is 1. The Hall–Kier alpha value is -1.91. The molecule has 1 aliphatic rings. The number of hydrogen-bond acceptors (Lipinski definition) is 2. The minimum atomic E-state index is -0.510. The molecule has 1 N–H and O–H groups in total. The molecule has 0 saturated carbocycles. The van der Waals surface area contributed by atoms with Crippen LogP contribution in [-0.2, 0) is 9.59 Å². The van der Waals surface area contributed by atoms with Gasteiger partial charge in [-0.2, -0.15) is 0 Å². The van der Waals surface area contributed by atoms with Crippen molar-refractivity contribution in [3.05, 3.63) is 29.6 Å². The SMILES string of the molecule is CCN(CC)C(=O)[C@@H]1CC(=O)Nc2cc(F)ccc21. The molecule has 1 aliphatic heterocycles. The van der Waals surface area contributed by atoms with E-state index in [0.717, 1.165) is 0 Å². The highest BCUT2D eigenvalue weighted by Crippen LogP contribution is 2.33. The van der Waals surface area contributed by atoms with Gasteiger partial charge in [0.05, 0.1) is 5.92 Å². The van der Waals surface area contributed by atoms with Crippen molar-refractivity contribution in [1.82, 2.24) is 4.90 Å². The van der Waals surface area contributed by atoms with Gasteiger partial charge in [0.2, 0.25) is 11.8 Å². The quantitative estimate of drug-likeness (QED) is 0.909. The maximum atomic E-state index is 13.2. The number of likely N-dealkylation sites (N-methyl/N-ethyl adjacent to an activating group) is 1. The molecule has 1 aromatic carbocycles. The van der Waals surface area contributed by atoms with Crippen LogP contribution in [0.2, 0.25) is 0 Å². The fraction of sp³-hybridized carbons (Fsp3) is 0.429. The second-order valence-corrected chi connectivity index (χ2v) is 4.55. The summed E-state index contributed by atoms with van der Waals surface area (Å²) >= 11 is 0. The average Bonchev–Trinajstić information content (AvgIpc) is 2.38. The van der Waals surface area contributed by atoms with Crippen molar-refractivity contribution in [2.45, 2.75) is 26.2 Å². The number of anilines is 1. The third kappa shape index (κ3) is 2.59. The Labute approximate surface area is 111 Å². The van der Waals surface area contributed by atoms with E-state index >= 15 is 0 Å². The summed E-state index contributed by atoms with van der Waals surface area (Å²) in [6.45, 7) is 5.00. The number of fused-ring (bicyclic) bond motifs is 1. The second-order valence-electron chi connectivity index (χ2n) is 4.55. The number of halogens is 1. The highest BCUT2D eigenvalue weighted by molar-refractivity contribution is 6.01. The third-order valence-electron chi connectivity index (χ3n) is 3.43. The van der Waals surface area contributed by atoms with Gasteiger partial charge in [0.1, 0.15) is 5.82 Å². The predicted molar refractivity (Wildman–Crippen MR) is 70.3 cm³/mol. The van der Waals surface area contributed by atoms with E-state index in [1.165, 1.54) is 12.1 Å². The molecule has 4 nitrogen and oxygen atoms in total. The number of nitrogens with zero attached hydrogens (tertiary/aromatic N) is 1. The monoisotopic (exact) mass is 264 g/mol. The Morgan fingerprint density at radius 3 is 2.74 bits per heavy atom. The predicted octanol–water partition coefficient (Wildman–Crippen LogP) is 2.12. The lowest BCUT2D eigenvalue weighted by molar-refractivity contribution is -0.134. The lowest BCUT2D eigenvalue weighted by atomic mass is 9.89. The molecular formula is C14H17FN2O2. The zero-order valence-electron chi connectivity index (χ0n) is 11.1. The van der Waals surface area contributed by atoms with Crippen LogP contribution in [-0.4, -0.2) is 29.8 Å². The first kappa shape index (κ1) is 13.5. The van der Waals surface area contributed by atoms with Gasteiger partial charge in [0, 0.05) is 25.2 Å². The standard InChI is InChI=1S/C14H17FN2O2/c1-3-17(4-2)14(19)11-8-13(18)16-12-7-9(15)5-6-10(11)12/h5-7,11H,3-4,8H2,1-2H3,(H,16,18)/t11-/m1/s1. The van der Waals surface area contributed by atoms with Crippen LogP contribution in [0.3, 0.4) is 0 Å². The lowest BCUT2D eigenvalue weighted by Gasteiger charge is -2.29. The summed E-state index contributed by atoms with van der Waals surface area (Å²) < 4.78 is 13.2. The van der Waals surface area contributed by atoms with Gasteiger partial charge in [-0.25, -0.2) is 4.39 Å². The normalized spacial score (nSPS) is 17.6. The van der Waals surface area contributed by atoms with Crippen molar-refractivity contribution in [2.24, 2.45) is 0 Å². The van der Waals surface area contributed by atoms with Crippen LogP contribution in [0, 0.1) is 5.82 Å². The van der Waals surface area contributed by atoms with Gasteiger partial charge < -0.3 is 10.2 Å². The Kier molecular flexibility index (Phi) is 3.83. The Bertz CT molecular complexity index is 512. The van der Waals surface area contributed by atoms with Crippen LogP contribution >= 0.6 is 0 Å². The highest BCUT2D eigenvalue weighted by atomic mass is 19.1. The number of carbonyl (C=O) groups is 2. The fourth-order valence-electron chi connectivity index (χ4n) is 2.41. The van der Waals surface area contributed by atoms with E-state index in [1.807, 2.05) is 13.8 Å². The van der Waals surface area contributed by atoms with Crippen LogP contribution in [0.5, 0.6) is 0 Å². The summed E-state index contributed by atoms with van der Waals surface area (Å²) in [5, 5.41) is 2.61. The highest BCUT2D eigenvalue weighted by Gasteiger charge is 2.32. The first-order valence-electron chi connectivity index (χ1n) is 6.44. The lowest BCUT2D eigenvalue weighted by Crippen LogP contribution is -2.38. The summed E-state index contributed by atoms with van der Waals surface area (Å²) in [7, 11) is 0. The number of amides is 2. The van der Waals surface area contributed by atoms with E-state index in [4.69, 9.17) is 0 Å². The van der Waals surface area contributed by atoms with Crippen molar-refractivity contribution in [3.8, 4) is 0 Å². The summed E-state index contributed by atoms with van der Waals surface area (Å²) in [6, 6.07) is 4.16. The van der Waals surface area contributed by atoms with Crippen LogP contribution in [0.4, 0.5) is 10.1 Å². The molecule has 5 heteroatoms. The van der Waals surface area contributed by atoms with Crippen molar-refractivity contribution < 1.29 is 14.0 Å². The number of carbonyl (C=O) groups excluding carboxylic acids is 2. The summed E-state index contributed by atoms with van der Waals surface area (Å²) in [5.74, 6) is -1.25. The molecule has 0 spiro atoms. The third-order valence-corrected chi connectivity index (χ3v) is 3.43. The molecule has 0 fully saturated rings. The molecule has 2 rings (SSSR count). The van der Waals surface area contributed by atoms with E-state index in [1.54, 1.807) is 11.0 Å². The zero-order chi connectivity index (χ0) is 14.0. The molecular weight excluding hydrogens is 247 g/mol. The summed E-state index contributed by atoms with van der Waals surface area (Å²) in [5.41, 5.74) is 1.10. The molecule has 0 radical (unpaired) electrons. The van der Waals surface area contributed by atoms with Crippen molar-refractivity contribution >= 4 is 17.5 Å². The molecule has 1 aromatic rings. The van der Waals surface area contributed by atoms with E-state index in [2.05, 4.69) is 5.32 Å². The fourth-order valence-corrected chi connectivity index (χ4v) is 2.41. The molecule has 0 bridgehead atoms. The van der Waals surface area contributed by atoms with Gasteiger partial charge in [0.25, 0.3) is 0 Å². The zero-order valence-corrected chi connectivity index (χ0v) is 11.1. The smallest absolute Gasteiger partial charge is 0.230 e. The van der Waals surface area contributed by atoms with Gasteiger partial charge in [-0.15, -0.1) is 0 Å². The number of nitrogens with one attached hydrogen (secondary N) is 1. The van der Waals surface area contributed by atoms with E-state index in [0.29, 0.717) is 24.3 Å². The molecule has 0 aliphatic carbocycles. The number of rotatable bonds is 3. The van der Waals surface area contributed by atoms with E-state index in [-0.39, 0.29) is 18.2 Å². The first-order chi connectivity index (χ1) is 9.06. The Morgan fingerprint density at radius 2 is 2.11 bits per heavy atom. The first-order valence-corrected chi connectivity index (χ1v) is 6.44. The average molecular weight is 264 g/mol. The van der Waals surface area contributed by atoms with E-state index in [9.17, 15) is 14.0 Å². The van der Waals surface area contributed by atoms with Gasteiger partial charge in [0.15, 0.2) is 0 Å². The Morgan fingerprint density at radius 1 is 1.42 bits per heavy atom. The van der Waals surface area contributed by atoms with Crippen LogP contribution in [0.15, 0.2) is 18.2 Å². The minimum absolute atomic E-state index is 0.0762. The largest absolute Gasteiger partial charge is 0.343 e. The maximum absolute atomic E-state index is 13.2. The molecule has 1 heterocycles. The topological polar surface area (TPSA) is 49.4 Å². The van der Waals surface area contributed by atoms with Gasteiger partial charge in [-0.3, -0.25) is 9.59 Å². The molecule has 1 atom stereocenters.